The lowest BCUT2D eigenvalue weighted by atomic mass is 10.1. The highest BCUT2D eigenvalue weighted by Gasteiger charge is 2.25. The van der Waals surface area contributed by atoms with Crippen molar-refractivity contribution in [1.29, 1.82) is 0 Å². The highest BCUT2D eigenvalue weighted by atomic mass is 32.1. The second kappa shape index (κ2) is 8.23. The molecule has 1 aromatic heterocycles. The molecule has 0 bridgehead atoms. The molecule has 4 rings (SSSR count). The van der Waals surface area contributed by atoms with Crippen LogP contribution in [0.3, 0.4) is 0 Å². The number of hydrogen-bond acceptors (Lipinski definition) is 6. The number of aromatic nitrogens is 1. The Kier molecular flexibility index (Phi) is 5.48. The molecule has 0 fully saturated rings. The Morgan fingerprint density at radius 2 is 1.94 bits per heavy atom. The van der Waals surface area contributed by atoms with Crippen molar-refractivity contribution < 1.29 is 18.7 Å². The number of thiazole rings is 1. The molecule has 0 aliphatic carbocycles. The lowest BCUT2D eigenvalue weighted by Gasteiger charge is -2.18. The van der Waals surface area contributed by atoms with Crippen LogP contribution in [0.1, 0.15) is 29.3 Å². The summed E-state index contributed by atoms with van der Waals surface area (Å²) in [5.74, 6) is -1.27. The van der Waals surface area contributed by atoms with Crippen LogP contribution in [0.15, 0.2) is 58.5 Å². The molecule has 1 aliphatic heterocycles. The average Bonchev–Trinajstić information content (AvgIpc) is 3.33. The molecule has 156 valence electrons. The molecular formula is C23H18FN3O3S. The van der Waals surface area contributed by atoms with Gasteiger partial charge in [0.15, 0.2) is 10.8 Å². The van der Waals surface area contributed by atoms with Gasteiger partial charge in [0.25, 0.3) is 0 Å². The molecule has 3 aromatic rings. The minimum absolute atomic E-state index is 0.102. The SMILES string of the molecule is CC(=O)N(c1nc(/C=C2/N=C(c3ccc(C)c(C)c3)OC2=O)cs1)c1ccccc1F. The second-order valence-electron chi connectivity index (χ2n) is 7.00. The van der Waals surface area contributed by atoms with Crippen molar-refractivity contribution in [2.45, 2.75) is 20.8 Å². The maximum atomic E-state index is 14.2. The number of ether oxygens (including phenoxy) is 1. The van der Waals surface area contributed by atoms with Crippen LogP contribution in [0.4, 0.5) is 15.2 Å². The van der Waals surface area contributed by atoms with E-state index in [1.54, 1.807) is 17.5 Å². The van der Waals surface area contributed by atoms with Crippen LogP contribution < -0.4 is 4.90 Å². The molecule has 2 heterocycles. The summed E-state index contributed by atoms with van der Waals surface area (Å²) in [6.45, 7) is 5.30. The van der Waals surface area contributed by atoms with Gasteiger partial charge in [-0.3, -0.25) is 9.69 Å². The summed E-state index contributed by atoms with van der Waals surface area (Å²) >= 11 is 1.16. The zero-order valence-corrected chi connectivity index (χ0v) is 17.9. The Bertz CT molecular complexity index is 1260. The van der Waals surface area contributed by atoms with E-state index >= 15 is 0 Å². The van der Waals surface area contributed by atoms with Gasteiger partial charge < -0.3 is 4.74 Å². The number of carbonyl (C=O) groups is 2. The van der Waals surface area contributed by atoms with E-state index in [-0.39, 0.29) is 28.3 Å². The molecule has 0 unspecified atom stereocenters. The van der Waals surface area contributed by atoms with Gasteiger partial charge in [-0.15, -0.1) is 11.3 Å². The quantitative estimate of drug-likeness (QED) is 0.430. The number of rotatable bonds is 4. The number of nitrogens with zero attached hydrogens (tertiary/aromatic N) is 3. The monoisotopic (exact) mass is 435 g/mol. The number of benzene rings is 2. The van der Waals surface area contributed by atoms with Gasteiger partial charge in [-0.1, -0.05) is 18.2 Å². The summed E-state index contributed by atoms with van der Waals surface area (Å²) in [7, 11) is 0. The van der Waals surface area contributed by atoms with Gasteiger partial charge in [0, 0.05) is 17.9 Å². The Hall–Kier alpha value is -3.65. The smallest absolute Gasteiger partial charge is 0.363 e. The van der Waals surface area contributed by atoms with Gasteiger partial charge in [-0.2, -0.15) is 0 Å². The van der Waals surface area contributed by atoms with Gasteiger partial charge in [0.05, 0.1) is 11.4 Å². The first-order chi connectivity index (χ1) is 14.8. The van der Waals surface area contributed by atoms with Crippen molar-refractivity contribution in [3.8, 4) is 0 Å². The van der Waals surface area contributed by atoms with E-state index in [1.165, 1.54) is 30.0 Å². The van der Waals surface area contributed by atoms with E-state index in [2.05, 4.69) is 9.98 Å². The van der Waals surface area contributed by atoms with Gasteiger partial charge in [0.2, 0.25) is 11.8 Å². The zero-order valence-electron chi connectivity index (χ0n) is 17.0. The van der Waals surface area contributed by atoms with E-state index in [0.717, 1.165) is 22.5 Å². The second-order valence-corrected chi connectivity index (χ2v) is 7.83. The number of amides is 1. The number of cyclic esters (lactones) is 1. The van der Waals surface area contributed by atoms with E-state index in [4.69, 9.17) is 4.74 Å². The van der Waals surface area contributed by atoms with E-state index in [9.17, 15) is 14.0 Å². The highest BCUT2D eigenvalue weighted by molar-refractivity contribution is 7.14. The fourth-order valence-electron chi connectivity index (χ4n) is 3.03. The molecule has 0 atom stereocenters. The van der Waals surface area contributed by atoms with E-state index in [1.807, 2.05) is 32.0 Å². The largest absolute Gasteiger partial charge is 0.402 e. The summed E-state index contributed by atoms with van der Waals surface area (Å²) in [6.07, 6.45) is 1.48. The van der Waals surface area contributed by atoms with E-state index < -0.39 is 11.8 Å². The first-order valence-electron chi connectivity index (χ1n) is 9.44. The Labute approximate surface area is 182 Å². The number of hydrogen-bond donors (Lipinski definition) is 0. The fraction of sp³-hybridized carbons (Fsp3) is 0.130. The van der Waals surface area contributed by atoms with Gasteiger partial charge in [-0.25, -0.2) is 19.2 Å². The van der Waals surface area contributed by atoms with Crippen LogP contribution in [-0.2, 0) is 14.3 Å². The van der Waals surface area contributed by atoms with Gasteiger partial charge in [0.1, 0.15) is 5.82 Å². The number of carbonyl (C=O) groups excluding carboxylic acids is 2. The Morgan fingerprint density at radius 1 is 1.16 bits per heavy atom. The summed E-state index contributed by atoms with van der Waals surface area (Å²) in [5, 5.41) is 1.95. The molecular weight excluding hydrogens is 417 g/mol. The maximum absolute atomic E-state index is 14.2. The Balaban J connectivity index is 1.65. The Morgan fingerprint density at radius 3 is 2.65 bits per heavy atom. The van der Waals surface area contributed by atoms with Crippen LogP contribution in [0.5, 0.6) is 0 Å². The highest BCUT2D eigenvalue weighted by Crippen LogP contribution is 2.31. The first-order valence-corrected chi connectivity index (χ1v) is 10.3. The zero-order chi connectivity index (χ0) is 22.1. The van der Waals surface area contributed by atoms with Crippen molar-refractivity contribution >= 4 is 46.0 Å². The predicted molar refractivity (Wildman–Crippen MR) is 118 cm³/mol. The molecule has 0 saturated carbocycles. The fourth-order valence-corrected chi connectivity index (χ4v) is 3.87. The normalized spacial score (nSPS) is 14.5. The minimum atomic E-state index is -0.583. The molecule has 1 amide bonds. The van der Waals surface area contributed by atoms with Crippen LogP contribution in [-0.4, -0.2) is 22.8 Å². The molecule has 0 radical (unpaired) electrons. The van der Waals surface area contributed by atoms with Crippen molar-refractivity contribution in [2.24, 2.45) is 4.99 Å². The average molecular weight is 435 g/mol. The molecule has 1 aliphatic rings. The van der Waals surface area contributed by atoms with Crippen LogP contribution in [0.25, 0.3) is 6.08 Å². The van der Waals surface area contributed by atoms with Gasteiger partial charge >= 0.3 is 5.97 Å². The lowest BCUT2D eigenvalue weighted by molar-refractivity contribution is -0.130. The van der Waals surface area contributed by atoms with Crippen molar-refractivity contribution in [1.82, 2.24) is 4.98 Å². The molecule has 31 heavy (non-hydrogen) atoms. The topological polar surface area (TPSA) is 71.9 Å². The molecule has 0 spiro atoms. The predicted octanol–water partition coefficient (Wildman–Crippen LogP) is 4.93. The molecule has 6 nitrogen and oxygen atoms in total. The number of esters is 1. The van der Waals surface area contributed by atoms with Crippen molar-refractivity contribution in [3.63, 3.8) is 0 Å². The number of aliphatic imine (C=N–C) groups is 1. The summed E-state index contributed by atoms with van der Waals surface area (Å²) in [6, 6.07) is 11.7. The minimum Gasteiger partial charge on any atom is -0.402 e. The number of aryl methyl sites for hydroxylation is 2. The van der Waals surface area contributed by atoms with E-state index in [0.29, 0.717) is 11.3 Å². The van der Waals surface area contributed by atoms with Gasteiger partial charge in [-0.05, 0) is 55.3 Å². The summed E-state index contributed by atoms with van der Waals surface area (Å²) in [5.41, 5.74) is 3.53. The summed E-state index contributed by atoms with van der Waals surface area (Å²) in [4.78, 5) is 34.3. The van der Waals surface area contributed by atoms with Crippen LogP contribution in [0.2, 0.25) is 0 Å². The lowest BCUT2D eigenvalue weighted by Crippen LogP contribution is -2.23. The maximum Gasteiger partial charge on any atom is 0.363 e. The van der Waals surface area contributed by atoms with Crippen molar-refractivity contribution in [3.05, 3.63) is 81.7 Å². The third kappa shape index (κ3) is 4.15. The molecule has 8 heteroatoms. The standard InChI is InChI=1S/C23H18FN3O3S/c1-13-8-9-16(10-14(13)2)21-26-19(22(29)30-21)11-17-12-31-23(25-17)27(15(3)28)20-7-5-4-6-18(20)24/h4-12H,1-3H3/b19-11+. The molecule has 2 aromatic carbocycles. The molecule has 0 saturated heterocycles. The summed E-state index contributed by atoms with van der Waals surface area (Å²) < 4.78 is 19.5. The van der Waals surface area contributed by atoms with Crippen LogP contribution in [0, 0.1) is 19.7 Å². The third-order valence-corrected chi connectivity index (χ3v) is 5.61. The number of para-hydroxylation sites is 1. The number of halogens is 1. The number of anilines is 2. The first kappa shape index (κ1) is 20.6. The molecule has 0 N–H and O–H groups in total. The van der Waals surface area contributed by atoms with Crippen molar-refractivity contribution in [2.75, 3.05) is 4.90 Å². The third-order valence-electron chi connectivity index (χ3n) is 4.77. The van der Waals surface area contributed by atoms with Crippen LogP contribution >= 0.6 is 11.3 Å².